The van der Waals surface area contributed by atoms with Gasteiger partial charge in [-0.05, 0) is 12.1 Å². The summed E-state index contributed by atoms with van der Waals surface area (Å²) in [5, 5.41) is 0. The van der Waals surface area contributed by atoms with Crippen molar-refractivity contribution in [3.05, 3.63) is 18.2 Å². The molecule has 0 saturated carbocycles. The van der Waals surface area contributed by atoms with Gasteiger partial charge in [-0.3, -0.25) is 4.79 Å². The minimum Gasteiger partial charge on any atom is -0.497 e. The van der Waals surface area contributed by atoms with E-state index in [1.165, 1.54) is 18.9 Å². The molecule has 0 aliphatic rings. The fourth-order valence-electron chi connectivity index (χ4n) is 0.981. The summed E-state index contributed by atoms with van der Waals surface area (Å²) in [5.74, 6) is 0.692. The lowest BCUT2D eigenvalue weighted by Crippen LogP contribution is -2.03. The summed E-state index contributed by atoms with van der Waals surface area (Å²) in [4.78, 5) is 11.8. The maximum Gasteiger partial charge on any atom is 0.315 e. The first-order valence-corrected chi connectivity index (χ1v) is 5.29. The molecule has 1 rings (SSSR count). The van der Waals surface area contributed by atoms with E-state index in [2.05, 4.69) is 4.74 Å². The van der Waals surface area contributed by atoms with Gasteiger partial charge in [0, 0.05) is 16.6 Å². The number of rotatable bonds is 4. The molecule has 1 aromatic rings. The van der Waals surface area contributed by atoms with E-state index in [0.717, 1.165) is 4.90 Å². The number of methoxy groups -OCH3 is 2. The Kier molecular flexibility index (Phi) is 4.30. The summed E-state index contributed by atoms with van der Waals surface area (Å²) in [6.45, 7) is 0. The maximum absolute atomic E-state index is 10.9. The van der Waals surface area contributed by atoms with Crippen molar-refractivity contribution in [1.29, 1.82) is 0 Å². The third kappa shape index (κ3) is 3.36. The summed E-state index contributed by atoms with van der Waals surface area (Å²) in [6.07, 6.45) is 0. The minimum absolute atomic E-state index is 0.257. The molecule has 0 spiro atoms. The number of ether oxygens (including phenoxy) is 2. The Bertz CT molecular complexity index is 355. The lowest BCUT2D eigenvalue weighted by molar-refractivity contribution is -0.137. The molecule has 0 aliphatic heterocycles. The monoisotopic (exact) mass is 227 g/mol. The number of hydrogen-bond acceptors (Lipinski definition) is 5. The van der Waals surface area contributed by atoms with Gasteiger partial charge < -0.3 is 15.2 Å². The summed E-state index contributed by atoms with van der Waals surface area (Å²) in [7, 11) is 2.94. The zero-order valence-electron chi connectivity index (χ0n) is 8.65. The number of hydrogen-bond donors (Lipinski definition) is 1. The van der Waals surface area contributed by atoms with Crippen molar-refractivity contribution < 1.29 is 14.3 Å². The van der Waals surface area contributed by atoms with Gasteiger partial charge in [0.2, 0.25) is 0 Å². The Morgan fingerprint density at radius 3 is 2.73 bits per heavy atom. The number of anilines is 1. The Morgan fingerprint density at radius 2 is 2.20 bits per heavy atom. The van der Waals surface area contributed by atoms with Crippen LogP contribution >= 0.6 is 11.8 Å². The third-order valence-corrected chi connectivity index (χ3v) is 2.85. The van der Waals surface area contributed by atoms with Crippen molar-refractivity contribution in [2.75, 3.05) is 25.7 Å². The Labute approximate surface area is 92.7 Å². The average molecular weight is 227 g/mol. The van der Waals surface area contributed by atoms with Gasteiger partial charge in [-0.25, -0.2) is 0 Å². The first-order valence-electron chi connectivity index (χ1n) is 4.30. The largest absolute Gasteiger partial charge is 0.497 e. The lowest BCUT2D eigenvalue weighted by atomic mass is 10.3. The predicted octanol–water partition coefficient (Wildman–Crippen LogP) is 1.54. The summed E-state index contributed by atoms with van der Waals surface area (Å²) in [5.41, 5.74) is 6.37. The molecule has 0 bridgehead atoms. The lowest BCUT2D eigenvalue weighted by Gasteiger charge is -2.06. The number of thioether (sulfide) groups is 1. The van der Waals surface area contributed by atoms with Crippen LogP contribution in [0.1, 0.15) is 0 Å². The van der Waals surface area contributed by atoms with Gasteiger partial charge >= 0.3 is 5.97 Å². The molecule has 0 amide bonds. The molecule has 1 aromatic carbocycles. The van der Waals surface area contributed by atoms with Gasteiger partial charge in [0.1, 0.15) is 5.75 Å². The smallest absolute Gasteiger partial charge is 0.315 e. The van der Waals surface area contributed by atoms with Crippen LogP contribution in [-0.2, 0) is 9.53 Å². The maximum atomic E-state index is 10.9. The van der Waals surface area contributed by atoms with Crippen molar-refractivity contribution in [3.63, 3.8) is 0 Å². The molecule has 0 unspecified atom stereocenters. The van der Waals surface area contributed by atoms with E-state index in [-0.39, 0.29) is 11.7 Å². The van der Waals surface area contributed by atoms with Gasteiger partial charge in [-0.1, -0.05) is 0 Å². The van der Waals surface area contributed by atoms with Crippen molar-refractivity contribution in [2.45, 2.75) is 4.90 Å². The predicted molar refractivity (Wildman–Crippen MR) is 60.1 cm³/mol. The van der Waals surface area contributed by atoms with E-state index < -0.39 is 0 Å². The SMILES string of the molecule is COC(=O)CSc1ccc(OC)cc1N. The molecule has 5 heteroatoms. The standard InChI is InChI=1S/C10H13NO3S/c1-13-7-3-4-9(8(11)5-7)15-6-10(12)14-2/h3-5H,6,11H2,1-2H3. The van der Waals surface area contributed by atoms with Gasteiger partial charge in [0.25, 0.3) is 0 Å². The van der Waals surface area contributed by atoms with Crippen LogP contribution in [0.3, 0.4) is 0 Å². The van der Waals surface area contributed by atoms with Crippen molar-refractivity contribution >= 4 is 23.4 Å². The van der Waals surface area contributed by atoms with E-state index in [0.29, 0.717) is 11.4 Å². The van der Waals surface area contributed by atoms with Crippen LogP contribution < -0.4 is 10.5 Å². The zero-order chi connectivity index (χ0) is 11.3. The Hall–Kier alpha value is -1.36. The second-order valence-corrected chi connectivity index (χ2v) is 3.79. The van der Waals surface area contributed by atoms with Crippen molar-refractivity contribution in [3.8, 4) is 5.75 Å². The highest BCUT2D eigenvalue weighted by Crippen LogP contribution is 2.28. The molecule has 15 heavy (non-hydrogen) atoms. The molecule has 0 aromatic heterocycles. The highest BCUT2D eigenvalue weighted by molar-refractivity contribution is 8.00. The second-order valence-electron chi connectivity index (χ2n) is 2.77. The fourth-order valence-corrected chi connectivity index (χ4v) is 1.76. The number of nitrogens with two attached hydrogens (primary N) is 1. The first-order chi connectivity index (χ1) is 7.17. The Morgan fingerprint density at radius 1 is 1.47 bits per heavy atom. The van der Waals surface area contributed by atoms with Crippen LogP contribution in [0.5, 0.6) is 5.75 Å². The molecule has 0 atom stereocenters. The number of carbonyl (C=O) groups is 1. The molecule has 0 fully saturated rings. The van der Waals surface area contributed by atoms with Gasteiger partial charge in [0.05, 0.1) is 20.0 Å². The number of benzene rings is 1. The zero-order valence-corrected chi connectivity index (χ0v) is 9.47. The quantitative estimate of drug-likeness (QED) is 0.480. The molecular weight excluding hydrogens is 214 g/mol. The molecule has 0 radical (unpaired) electrons. The molecule has 2 N–H and O–H groups in total. The van der Waals surface area contributed by atoms with Gasteiger partial charge in [0.15, 0.2) is 0 Å². The van der Waals surface area contributed by atoms with Gasteiger partial charge in [-0.15, -0.1) is 11.8 Å². The number of esters is 1. The molecule has 4 nitrogen and oxygen atoms in total. The normalized spacial score (nSPS) is 9.73. The van der Waals surface area contributed by atoms with E-state index >= 15 is 0 Å². The van der Waals surface area contributed by atoms with E-state index in [9.17, 15) is 4.79 Å². The molecular formula is C10H13NO3S. The topological polar surface area (TPSA) is 61.5 Å². The molecule has 82 valence electrons. The van der Waals surface area contributed by atoms with Crippen LogP contribution in [0.4, 0.5) is 5.69 Å². The summed E-state index contributed by atoms with van der Waals surface area (Å²) < 4.78 is 9.55. The molecule has 0 heterocycles. The summed E-state index contributed by atoms with van der Waals surface area (Å²) in [6, 6.07) is 5.34. The van der Waals surface area contributed by atoms with Crippen molar-refractivity contribution in [1.82, 2.24) is 0 Å². The van der Waals surface area contributed by atoms with Crippen LogP contribution in [0, 0.1) is 0 Å². The van der Waals surface area contributed by atoms with Crippen LogP contribution in [0.2, 0.25) is 0 Å². The minimum atomic E-state index is -0.268. The van der Waals surface area contributed by atoms with Crippen LogP contribution in [-0.4, -0.2) is 25.9 Å². The van der Waals surface area contributed by atoms with E-state index in [1.807, 2.05) is 6.07 Å². The van der Waals surface area contributed by atoms with Crippen molar-refractivity contribution in [2.24, 2.45) is 0 Å². The van der Waals surface area contributed by atoms with E-state index in [4.69, 9.17) is 10.5 Å². The van der Waals surface area contributed by atoms with Crippen LogP contribution in [0.25, 0.3) is 0 Å². The molecule has 0 saturated heterocycles. The third-order valence-electron chi connectivity index (χ3n) is 1.79. The molecule has 0 aliphatic carbocycles. The van der Waals surface area contributed by atoms with Crippen LogP contribution in [0.15, 0.2) is 23.1 Å². The van der Waals surface area contributed by atoms with Gasteiger partial charge in [-0.2, -0.15) is 0 Å². The second kappa shape index (κ2) is 5.50. The summed E-state index contributed by atoms with van der Waals surface area (Å²) >= 11 is 1.34. The highest BCUT2D eigenvalue weighted by atomic mass is 32.2. The first kappa shape index (κ1) is 11.7. The highest BCUT2D eigenvalue weighted by Gasteiger charge is 2.05. The van der Waals surface area contributed by atoms with E-state index in [1.54, 1.807) is 19.2 Å². The number of nitrogen functional groups attached to an aromatic ring is 1. The number of carbonyl (C=O) groups excluding carboxylic acids is 1. The Balaban J connectivity index is 2.66. The fraction of sp³-hybridized carbons (Fsp3) is 0.300. The average Bonchev–Trinajstić information content (AvgIpc) is 2.26.